The first-order chi connectivity index (χ1) is 5.75. The molecule has 0 aliphatic heterocycles. The number of hydrogen-bond acceptors (Lipinski definition) is 3. The van der Waals surface area contributed by atoms with E-state index in [1.807, 2.05) is 0 Å². The summed E-state index contributed by atoms with van der Waals surface area (Å²) in [7, 11) is 0. The number of halogens is 3. The van der Waals surface area contributed by atoms with Gasteiger partial charge in [0, 0.05) is 12.5 Å². The summed E-state index contributed by atoms with van der Waals surface area (Å²) in [6.45, 7) is 0. The molecule has 5 N–H and O–H groups in total. The standard InChI is InChI=1S/C6H11F3N2O2/c7-6(8,9)5(13)3(10)1-2-4(11)12/h3,5,13H,1-2,10H2,(H2,11,12)/t3-,5-/m1/s1. The predicted molar refractivity (Wildman–Crippen MR) is 38.5 cm³/mol. The van der Waals surface area contributed by atoms with E-state index in [9.17, 15) is 18.0 Å². The van der Waals surface area contributed by atoms with E-state index < -0.39 is 24.2 Å². The second-order valence-electron chi connectivity index (χ2n) is 2.66. The van der Waals surface area contributed by atoms with Gasteiger partial charge in [-0.15, -0.1) is 0 Å². The molecule has 0 aliphatic rings. The lowest BCUT2D eigenvalue weighted by atomic mass is 10.1. The molecule has 0 unspecified atom stereocenters. The first kappa shape index (κ1) is 12.2. The van der Waals surface area contributed by atoms with Crippen molar-refractivity contribution >= 4 is 5.91 Å². The van der Waals surface area contributed by atoms with Gasteiger partial charge in [0.2, 0.25) is 5.91 Å². The maximum absolute atomic E-state index is 11.8. The van der Waals surface area contributed by atoms with E-state index in [1.165, 1.54) is 0 Å². The Morgan fingerprint density at radius 3 is 2.23 bits per heavy atom. The molecule has 13 heavy (non-hydrogen) atoms. The minimum absolute atomic E-state index is 0.270. The van der Waals surface area contributed by atoms with Crippen LogP contribution < -0.4 is 11.5 Å². The minimum Gasteiger partial charge on any atom is -0.382 e. The lowest BCUT2D eigenvalue weighted by Crippen LogP contribution is -2.45. The van der Waals surface area contributed by atoms with Gasteiger partial charge in [0.05, 0.1) is 0 Å². The van der Waals surface area contributed by atoms with Gasteiger partial charge >= 0.3 is 6.18 Å². The van der Waals surface area contributed by atoms with Crippen molar-refractivity contribution in [3.63, 3.8) is 0 Å². The molecule has 78 valence electrons. The van der Waals surface area contributed by atoms with Crippen LogP contribution in [0.5, 0.6) is 0 Å². The summed E-state index contributed by atoms with van der Waals surface area (Å²) in [4.78, 5) is 10.2. The van der Waals surface area contributed by atoms with Gasteiger partial charge in [-0.05, 0) is 6.42 Å². The molecule has 0 fully saturated rings. The highest BCUT2D eigenvalue weighted by Gasteiger charge is 2.41. The van der Waals surface area contributed by atoms with E-state index in [4.69, 9.17) is 16.6 Å². The van der Waals surface area contributed by atoms with Crippen molar-refractivity contribution in [2.75, 3.05) is 0 Å². The topological polar surface area (TPSA) is 89.3 Å². The van der Waals surface area contributed by atoms with Crippen LogP contribution in [0, 0.1) is 0 Å². The third-order valence-corrected chi connectivity index (χ3v) is 1.46. The third-order valence-electron chi connectivity index (χ3n) is 1.46. The minimum atomic E-state index is -4.75. The fourth-order valence-corrected chi connectivity index (χ4v) is 0.710. The number of carbonyl (C=O) groups excluding carboxylic acids is 1. The van der Waals surface area contributed by atoms with Crippen molar-refractivity contribution < 1.29 is 23.1 Å². The first-order valence-electron chi connectivity index (χ1n) is 3.54. The Kier molecular flexibility index (Phi) is 4.15. The average Bonchev–Trinajstić information content (AvgIpc) is 1.96. The van der Waals surface area contributed by atoms with E-state index in [1.54, 1.807) is 0 Å². The third kappa shape index (κ3) is 4.69. The maximum Gasteiger partial charge on any atom is 0.415 e. The second-order valence-corrected chi connectivity index (χ2v) is 2.66. The summed E-state index contributed by atoms with van der Waals surface area (Å²) in [5.41, 5.74) is 9.67. The molecule has 0 rings (SSSR count). The van der Waals surface area contributed by atoms with Gasteiger partial charge in [-0.1, -0.05) is 0 Å². The van der Waals surface area contributed by atoms with Crippen LogP contribution in [0.3, 0.4) is 0 Å². The summed E-state index contributed by atoms with van der Waals surface area (Å²) >= 11 is 0. The largest absolute Gasteiger partial charge is 0.415 e. The summed E-state index contributed by atoms with van der Waals surface area (Å²) in [6, 6.07) is -1.51. The van der Waals surface area contributed by atoms with Gasteiger partial charge in [-0.2, -0.15) is 13.2 Å². The smallest absolute Gasteiger partial charge is 0.382 e. The van der Waals surface area contributed by atoms with E-state index in [-0.39, 0.29) is 12.8 Å². The Morgan fingerprint density at radius 2 is 1.92 bits per heavy atom. The number of hydrogen-bond donors (Lipinski definition) is 3. The maximum atomic E-state index is 11.8. The quantitative estimate of drug-likeness (QED) is 0.571. The number of carbonyl (C=O) groups is 1. The molecule has 0 saturated heterocycles. The van der Waals surface area contributed by atoms with Crippen LogP contribution in [0.2, 0.25) is 0 Å². The number of alkyl halides is 3. The van der Waals surface area contributed by atoms with Gasteiger partial charge < -0.3 is 16.6 Å². The fourth-order valence-electron chi connectivity index (χ4n) is 0.710. The summed E-state index contributed by atoms with van der Waals surface area (Å²) in [5, 5.41) is 8.56. The van der Waals surface area contributed by atoms with Gasteiger partial charge in [0.1, 0.15) is 0 Å². The van der Waals surface area contributed by atoms with Crippen LogP contribution in [0.15, 0.2) is 0 Å². The molecular formula is C6H11F3N2O2. The number of rotatable bonds is 4. The Morgan fingerprint density at radius 1 is 1.46 bits per heavy atom. The van der Waals surface area contributed by atoms with Crippen LogP contribution in [0.1, 0.15) is 12.8 Å². The van der Waals surface area contributed by atoms with Gasteiger partial charge in [0.25, 0.3) is 0 Å². The molecule has 7 heteroatoms. The number of nitrogens with two attached hydrogens (primary N) is 2. The van der Waals surface area contributed by atoms with Gasteiger partial charge in [-0.25, -0.2) is 0 Å². The molecule has 0 aliphatic carbocycles. The average molecular weight is 200 g/mol. The van der Waals surface area contributed by atoms with Crippen molar-refractivity contribution in [1.29, 1.82) is 0 Å². The number of aliphatic hydroxyl groups excluding tert-OH is 1. The summed E-state index contributed by atoms with van der Waals surface area (Å²) in [5.74, 6) is -0.746. The van der Waals surface area contributed by atoms with Crippen LogP contribution in [-0.2, 0) is 4.79 Å². The number of aliphatic hydroxyl groups is 1. The highest BCUT2D eigenvalue weighted by atomic mass is 19.4. The van der Waals surface area contributed by atoms with E-state index in [0.717, 1.165) is 0 Å². The Hall–Kier alpha value is -0.820. The molecule has 0 bridgehead atoms. The van der Waals surface area contributed by atoms with Crippen molar-refractivity contribution in [3.8, 4) is 0 Å². The molecule has 0 radical (unpaired) electrons. The highest BCUT2D eigenvalue weighted by Crippen LogP contribution is 2.22. The molecule has 0 aromatic heterocycles. The van der Waals surface area contributed by atoms with E-state index >= 15 is 0 Å². The first-order valence-corrected chi connectivity index (χ1v) is 3.54. The lowest BCUT2D eigenvalue weighted by Gasteiger charge is -2.20. The van der Waals surface area contributed by atoms with Crippen molar-refractivity contribution in [1.82, 2.24) is 0 Å². The Labute approximate surface area is 72.7 Å². The van der Waals surface area contributed by atoms with Crippen LogP contribution >= 0.6 is 0 Å². The van der Waals surface area contributed by atoms with Crippen LogP contribution in [-0.4, -0.2) is 29.3 Å². The molecular weight excluding hydrogens is 189 g/mol. The zero-order chi connectivity index (χ0) is 10.6. The molecule has 2 atom stereocenters. The normalized spacial score (nSPS) is 16.7. The fraction of sp³-hybridized carbons (Fsp3) is 0.833. The van der Waals surface area contributed by atoms with Gasteiger partial charge in [0.15, 0.2) is 6.10 Å². The van der Waals surface area contributed by atoms with Crippen LogP contribution in [0.25, 0.3) is 0 Å². The lowest BCUT2D eigenvalue weighted by molar-refractivity contribution is -0.210. The number of primary amides is 1. The summed E-state index contributed by atoms with van der Waals surface area (Å²) in [6.07, 6.45) is -7.91. The summed E-state index contributed by atoms with van der Waals surface area (Å²) < 4.78 is 35.3. The molecule has 1 amide bonds. The van der Waals surface area contributed by atoms with Crippen molar-refractivity contribution in [2.24, 2.45) is 11.5 Å². The van der Waals surface area contributed by atoms with Crippen LogP contribution in [0.4, 0.5) is 13.2 Å². The monoisotopic (exact) mass is 200 g/mol. The van der Waals surface area contributed by atoms with E-state index in [0.29, 0.717) is 0 Å². The van der Waals surface area contributed by atoms with Crippen molar-refractivity contribution in [2.45, 2.75) is 31.2 Å². The Balaban J connectivity index is 3.97. The van der Waals surface area contributed by atoms with E-state index in [2.05, 4.69) is 0 Å². The molecule has 0 spiro atoms. The zero-order valence-electron chi connectivity index (χ0n) is 6.71. The number of amides is 1. The Bertz CT molecular complexity index is 183. The molecule has 0 aromatic carbocycles. The van der Waals surface area contributed by atoms with Crippen molar-refractivity contribution in [3.05, 3.63) is 0 Å². The molecule has 0 heterocycles. The zero-order valence-corrected chi connectivity index (χ0v) is 6.71. The SMILES string of the molecule is NC(=O)CC[C@@H](N)[C@@H](O)C(F)(F)F. The molecule has 0 saturated carbocycles. The second kappa shape index (κ2) is 4.43. The molecule has 4 nitrogen and oxygen atoms in total. The van der Waals surface area contributed by atoms with Gasteiger partial charge in [-0.3, -0.25) is 4.79 Å². The predicted octanol–water partition coefficient (Wildman–Crippen LogP) is -0.498. The molecule has 0 aromatic rings. The highest BCUT2D eigenvalue weighted by molar-refractivity contribution is 5.73.